The van der Waals surface area contributed by atoms with E-state index in [1.165, 1.54) is 31.0 Å². The summed E-state index contributed by atoms with van der Waals surface area (Å²) in [6, 6.07) is 3.58. The van der Waals surface area contributed by atoms with E-state index in [1.807, 2.05) is 6.07 Å². The molecule has 96 valence electrons. The molecular weight excluding hydrogens is 256 g/mol. The third-order valence-electron chi connectivity index (χ3n) is 2.12. The predicted octanol–water partition coefficient (Wildman–Crippen LogP) is 2.23. The van der Waals surface area contributed by atoms with Gasteiger partial charge in [0.2, 0.25) is 0 Å². The molecular formula is C12H12O5S. The molecule has 2 rings (SSSR count). The van der Waals surface area contributed by atoms with Crippen molar-refractivity contribution in [1.82, 2.24) is 0 Å². The molecule has 0 radical (unpaired) electrons. The van der Waals surface area contributed by atoms with Gasteiger partial charge in [0.1, 0.15) is 5.76 Å². The zero-order valence-corrected chi connectivity index (χ0v) is 10.8. The number of hydrogen-bond donors (Lipinski definition) is 0. The summed E-state index contributed by atoms with van der Waals surface area (Å²) < 4.78 is 15.0. The molecule has 1 aliphatic heterocycles. The Morgan fingerprint density at radius 1 is 1.28 bits per heavy atom. The van der Waals surface area contributed by atoms with Crippen LogP contribution < -0.4 is 0 Å². The summed E-state index contributed by atoms with van der Waals surface area (Å²) >= 11 is 1.27. The van der Waals surface area contributed by atoms with E-state index in [1.54, 1.807) is 12.3 Å². The van der Waals surface area contributed by atoms with Crippen LogP contribution in [0.25, 0.3) is 0 Å². The second kappa shape index (κ2) is 4.89. The van der Waals surface area contributed by atoms with Gasteiger partial charge in [0.15, 0.2) is 5.57 Å². The van der Waals surface area contributed by atoms with Crippen LogP contribution in [0.5, 0.6) is 0 Å². The van der Waals surface area contributed by atoms with Gasteiger partial charge in [-0.05, 0) is 17.5 Å². The van der Waals surface area contributed by atoms with Gasteiger partial charge < -0.3 is 13.9 Å². The zero-order chi connectivity index (χ0) is 13.2. The second-order valence-corrected chi connectivity index (χ2v) is 4.96. The number of carbonyl (C=O) groups is 2. The summed E-state index contributed by atoms with van der Waals surface area (Å²) in [7, 11) is 0. The number of cyclic esters (lactones) is 2. The standard InChI is InChI=1S/C12H12O5S/c1-12(2)16-10(13)9(11(14)17-12)7-18-6-8-4-3-5-15-8/h3-5,7H,6H2,1-2H3. The van der Waals surface area contributed by atoms with Crippen LogP contribution in [-0.2, 0) is 24.8 Å². The van der Waals surface area contributed by atoms with Gasteiger partial charge in [-0.3, -0.25) is 0 Å². The monoisotopic (exact) mass is 268 g/mol. The maximum absolute atomic E-state index is 11.6. The van der Waals surface area contributed by atoms with Gasteiger partial charge in [-0.2, -0.15) is 0 Å². The lowest BCUT2D eigenvalue weighted by molar-refractivity contribution is -0.222. The molecule has 1 fully saturated rings. The van der Waals surface area contributed by atoms with Crippen molar-refractivity contribution in [3.05, 3.63) is 35.1 Å². The van der Waals surface area contributed by atoms with Gasteiger partial charge in [-0.15, -0.1) is 11.8 Å². The van der Waals surface area contributed by atoms with Crippen molar-refractivity contribution in [2.45, 2.75) is 25.4 Å². The van der Waals surface area contributed by atoms with Gasteiger partial charge in [0, 0.05) is 13.8 Å². The van der Waals surface area contributed by atoms with E-state index in [0.29, 0.717) is 5.75 Å². The molecule has 0 saturated carbocycles. The quantitative estimate of drug-likeness (QED) is 0.476. The summed E-state index contributed by atoms with van der Waals surface area (Å²) in [4.78, 5) is 23.2. The van der Waals surface area contributed by atoms with Crippen LogP contribution in [0, 0.1) is 0 Å². The van der Waals surface area contributed by atoms with E-state index in [4.69, 9.17) is 13.9 Å². The third-order valence-corrected chi connectivity index (χ3v) is 2.98. The molecule has 1 aliphatic rings. The minimum Gasteiger partial charge on any atom is -0.468 e. The summed E-state index contributed by atoms with van der Waals surface area (Å²) in [5, 5.41) is 1.43. The Bertz CT molecular complexity index is 465. The maximum Gasteiger partial charge on any atom is 0.349 e. The van der Waals surface area contributed by atoms with Crippen molar-refractivity contribution in [3.8, 4) is 0 Å². The largest absolute Gasteiger partial charge is 0.468 e. The molecule has 0 aliphatic carbocycles. The average Bonchev–Trinajstić information content (AvgIpc) is 2.73. The zero-order valence-electron chi connectivity index (χ0n) is 9.97. The number of ether oxygens (including phenoxy) is 2. The fourth-order valence-electron chi connectivity index (χ4n) is 1.36. The molecule has 0 aromatic carbocycles. The first kappa shape index (κ1) is 12.8. The van der Waals surface area contributed by atoms with Crippen molar-refractivity contribution < 1.29 is 23.5 Å². The van der Waals surface area contributed by atoms with Crippen LogP contribution in [0.4, 0.5) is 0 Å². The average molecular weight is 268 g/mol. The van der Waals surface area contributed by atoms with Crippen LogP contribution in [0.3, 0.4) is 0 Å². The first-order valence-electron chi connectivity index (χ1n) is 5.29. The number of thioether (sulfide) groups is 1. The first-order valence-corrected chi connectivity index (χ1v) is 6.34. The Morgan fingerprint density at radius 2 is 1.94 bits per heavy atom. The predicted molar refractivity (Wildman–Crippen MR) is 64.3 cm³/mol. The summed E-state index contributed by atoms with van der Waals surface area (Å²) in [6.07, 6.45) is 1.56. The minimum atomic E-state index is -1.20. The highest BCUT2D eigenvalue weighted by molar-refractivity contribution is 8.01. The summed E-state index contributed by atoms with van der Waals surface area (Å²) in [5.41, 5.74) is -0.0918. The van der Waals surface area contributed by atoms with E-state index in [-0.39, 0.29) is 5.57 Å². The highest BCUT2D eigenvalue weighted by atomic mass is 32.2. The van der Waals surface area contributed by atoms with Crippen molar-refractivity contribution in [1.29, 1.82) is 0 Å². The van der Waals surface area contributed by atoms with E-state index in [2.05, 4.69) is 0 Å². The van der Waals surface area contributed by atoms with Crippen molar-refractivity contribution in [2.75, 3.05) is 0 Å². The second-order valence-electron chi connectivity index (χ2n) is 4.10. The van der Waals surface area contributed by atoms with E-state index >= 15 is 0 Å². The molecule has 6 heteroatoms. The molecule has 2 heterocycles. The van der Waals surface area contributed by atoms with E-state index < -0.39 is 17.7 Å². The van der Waals surface area contributed by atoms with Crippen LogP contribution in [0.15, 0.2) is 33.8 Å². The Labute approximate surface area is 108 Å². The molecule has 0 unspecified atom stereocenters. The van der Waals surface area contributed by atoms with Gasteiger partial charge >= 0.3 is 11.9 Å². The molecule has 1 saturated heterocycles. The number of esters is 2. The van der Waals surface area contributed by atoms with E-state index in [0.717, 1.165) is 5.76 Å². The Morgan fingerprint density at radius 3 is 2.50 bits per heavy atom. The number of hydrogen-bond acceptors (Lipinski definition) is 6. The lowest BCUT2D eigenvalue weighted by Gasteiger charge is -2.29. The van der Waals surface area contributed by atoms with Gasteiger partial charge in [-0.25, -0.2) is 9.59 Å². The van der Waals surface area contributed by atoms with Crippen LogP contribution in [0.1, 0.15) is 19.6 Å². The van der Waals surface area contributed by atoms with Crippen molar-refractivity contribution in [2.24, 2.45) is 0 Å². The number of furan rings is 1. The number of rotatable bonds is 3. The maximum atomic E-state index is 11.6. The molecule has 0 bridgehead atoms. The van der Waals surface area contributed by atoms with E-state index in [9.17, 15) is 9.59 Å². The molecule has 5 nitrogen and oxygen atoms in total. The smallest absolute Gasteiger partial charge is 0.349 e. The highest BCUT2D eigenvalue weighted by Gasteiger charge is 2.38. The van der Waals surface area contributed by atoms with Gasteiger partial charge in [0.25, 0.3) is 5.79 Å². The third kappa shape index (κ3) is 2.95. The first-order chi connectivity index (χ1) is 8.48. The fourth-order valence-corrected chi connectivity index (χ4v) is 2.13. The molecule has 0 N–H and O–H groups in total. The summed E-state index contributed by atoms with van der Waals surface area (Å²) in [5.74, 6) is -1.24. The van der Waals surface area contributed by atoms with Crippen LogP contribution in [-0.4, -0.2) is 17.7 Å². The molecule has 18 heavy (non-hydrogen) atoms. The lowest BCUT2D eigenvalue weighted by atomic mass is 10.2. The highest BCUT2D eigenvalue weighted by Crippen LogP contribution is 2.25. The Hall–Kier alpha value is -1.69. The Kier molecular flexibility index (Phi) is 3.47. The number of carbonyl (C=O) groups excluding carboxylic acids is 2. The topological polar surface area (TPSA) is 65.7 Å². The van der Waals surface area contributed by atoms with Gasteiger partial charge in [-0.1, -0.05) is 0 Å². The summed E-state index contributed by atoms with van der Waals surface area (Å²) in [6.45, 7) is 3.02. The lowest BCUT2D eigenvalue weighted by Crippen LogP contribution is -2.41. The Balaban J connectivity index is 2.00. The van der Waals surface area contributed by atoms with Crippen LogP contribution in [0.2, 0.25) is 0 Å². The molecule has 0 spiro atoms. The van der Waals surface area contributed by atoms with Crippen LogP contribution >= 0.6 is 11.8 Å². The molecule has 0 amide bonds. The van der Waals surface area contributed by atoms with Crippen molar-refractivity contribution in [3.63, 3.8) is 0 Å². The molecule has 1 aromatic heterocycles. The van der Waals surface area contributed by atoms with Gasteiger partial charge in [0.05, 0.1) is 12.0 Å². The van der Waals surface area contributed by atoms with Crippen molar-refractivity contribution >= 4 is 23.7 Å². The molecule has 1 aromatic rings. The minimum absolute atomic E-state index is 0.0918. The fraction of sp³-hybridized carbons (Fsp3) is 0.333. The normalized spacial score (nSPS) is 18.2. The molecule has 0 atom stereocenters. The SMILES string of the molecule is CC1(C)OC(=O)C(=CSCc2ccco2)C(=O)O1.